The first kappa shape index (κ1) is 16.0. The molecule has 0 aliphatic carbocycles. The minimum atomic E-state index is -5.74. The van der Waals surface area contributed by atoms with E-state index in [0.29, 0.717) is 0 Å². The zero-order valence-corrected chi connectivity index (χ0v) is 9.84. The van der Waals surface area contributed by atoms with Gasteiger partial charge in [-0.2, -0.15) is 22.0 Å². The third-order valence-corrected chi connectivity index (χ3v) is 2.39. The maximum atomic E-state index is 12.6. The molecule has 0 atom stereocenters. The summed E-state index contributed by atoms with van der Waals surface area (Å²) in [7, 11) is -1.93. The van der Waals surface area contributed by atoms with Crippen LogP contribution in [-0.2, 0) is 0 Å². The van der Waals surface area contributed by atoms with Crippen molar-refractivity contribution in [2.45, 2.75) is 12.1 Å². The molecule has 106 valence electrons. The van der Waals surface area contributed by atoms with Crippen LogP contribution in [0.2, 0.25) is 5.02 Å². The zero-order chi connectivity index (χ0) is 14.8. The van der Waals surface area contributed by atoms with Crippen molar-refractivity contribution in [1.82, 2.24) is 0 Å². The minimum absolute atomic E-state index is 0.158. The lowest BCUT2D eigenvalue weighted by molar-refractivity contribution is -0.290. The predicted molar refractivity (Wildman–Crippen MR) is 57.8 cm³/mol. The van der Waals surface area contributed by atoms with Gasteiger partial charge in [-0.3, -0.25) is 0 Å². The molecule has 0 amide bonds. The third-order valence-electron chi connectivity index (χ3n) is 2.08. The van der Waals surface area contributed by atoms with Gasteiger partial charge in [-0.15, -0.1) is 0 Å². The van der Waals surface area contributed by atoms with Crippen molar-refractivity contribution in [2.24, 2.45) is 0 Å². The summed E-state index contributed by atoms with van der Waals surface area (Å²) in [6, 6.07) is 3.10. The van der Waals surface area contributed by atoms with E-state index in [1.54, 1.807) is 0 Å². The standard InChI is InChI=1S/C9H7BClF5O3/c11-6-2-1-5(10(17)18)3-7(6)19-4-8(12,13)9(14,15)16/h1-3,17-18H,4H2. The fourth-order valence-electron chi connectivity index (χ4n) is 1.04. The van der Waals surface area contributed by atoms with Crippen LogP contribution in [0, 0.1) is 0 Å². The second-order valence-electron chi connectivity index (χ2n) is 3.55. The molecule has 0 radical (unpaired) electrons. The highest BCUT2D eigenvalue weighted by Crippen LogP contribution is 2.36. The summed E-state index contributed by atoms with van der Waals surface area (Å²) in [5.74, 6) is -5.54. The van der Waals surface area contributed by atoms with Crippen LogP contribution >= 0.6 is 11.6 Å². The fraction of sp³-hybridized carbons (Fsp3) is 0.333. The quantitative estimate of drug-likeness (QED) is 0.656. The molecule has 0 bridgehead atoms. The van der Waals surface area contributed by atoms with Crippen molar-refractivity contribution in [1.29, 1.82) is 0 Å². The van der Waals surface area contributed by atoms with Crippen molar-refractivity contribution in [3.8, 4) is 5.75 Å². The van der Waals surface area contributed by atoms with Gasteiger partial charge in [0.15, 0.2) is 6.61 Å². The molecule has 1 rings (SSSR count). The summed E-state index contributed by atoms with van der Waals surface area (Å²) < 4.78 is 65.2. The average molecular weight is 304 g/mol. The lowest BCUT2D eigenvalue weighted by Gasteiger charge is -2.20. The topological polar surface area (TPSA) is 49.7 Å². The van der Waals surface area contributed by atoms with E-state index in [1.165, 1.54) is 0 Å². The summed E-state index contributed by atoms with van der Waals surface area (Å²) in [5.41, 5.74) is -0.158. The van der Waals surface area contributed by atoms with E-state index in [9.17, 15) is 22.0 Å². The van der Waals surface area contributed by atoms with Gasteiger partial charge in [-0.05, 0) is 17.6 Å². The second kappa shape index (κ2) is 5.52. The number of hydrogen-bond donors (Lipinski definition) is 2. The molecule has 1 aromatic carbocycles. The number of benzene rings is 1. The van der Waals surface area contributed by atoms with Crippen LogP contribution in [0.3, 0.4) is 0 Å². The first-order chi connectivity index (χ1) is 8.54. The van der Waals surface area contributed by atoms with Gasteiger partial charge in [0.25, 0.3) is 0 Å². The first-order valence-corrected chi connectivity index (χ1v) is 5.15. The highest BCUT2D eigenvalue weighted by Gasteiger charge is 2.58. The molecule has 19 heavy (non-hydrogen) atoms. The number of hydrogen-bond acceptors (Lipinski definition) is 3. The van der Waals surface area contributed by atoms with Crippen LogP contribution in [0.15, 0.2) is 18.2 Å². The first-order valence-electron chi connectivity index (χ1n) is 4.77. The number of rotatable bonds is 4. The Labute approximate surface area is 109 Å². The third kappa shape index (κ3) is 3.95. The maximum Gasteiger partial charge on any atom is 0.488 e. The van der Waals surface area contributed by atoms with Crippen LogP contribution in [0.4, 0.5) is 22.0 Å². The Bertz CT molecular complexity index is 452. The van der Waals surface area contributed by atoms with Gasteiger partial charge in [0.2, 0.25) is 0 Å². The Morgan fingerprint density at radius 2 is 1.74 bits per heavy atom. The van der Waals surface area contributed by atoms with E-state index in [-0.39, 0.29) is 10.5 Å². The summed E-state index contributed by atoms with van der Waals surface area (Å²) >= 11 is 5.53. The lowest BCUT2D eigenvalue weighted by atomic mass is 9.80. The van der Waals surface area contributed by atoms with Crippen molar-refractivity contribution in [2.75, 3.05) is 6.61 Å². The molecular weight excluding hydrogens is 297 g/mol. The fourth-order valence-corrected chi connectivity index (χ4v) is 1.21. The number of alkyl halides is 5. The molecule has 0 fully saturated rings. The van der Waals surface area contributed by atoms with E-state index in [1.807, 2.05) is 0 Å². The van der Waals surface area contributed by atoms with Gasteiger partial charge in [-0.1, -0.05) is 17.7 Å². The lowest BCUT2D eigenvalue weighted by Crippen LogP contribution is -2.42. The average Bonchev–Trinajstić information content (AvgIpc) is 2.26. The molecule has 0 aliphatic rings. The van der Waals surface area contributed by atoms with Crippen molar-refractivity contribution >= 4 is 24.2 Å². The van der Waals surface area contributed by atoms with Crippen LogP contribution < -0.4 is 10.2 Å². The Kier molecular flexibility index (Phi) is 4.65. The second-order valence-corrected chi connectivity index (χ2v) is 3.96. The zero-order valence-electron chi connectivity index (χ0n) is 9.09. The molecule has 0 saturated carbocycles. The minimum Gasteiger partial charge on any atom is -0.485 e. The normalized spacial score (nSPS) is 12.4. The summed E-state index contributed by atoms with van der Waals surface area (Å²) in [5, 5.41) is 17.4. The molecule has 0 aromatic heterocycles. The van der Waals surface area contributed by atoms with E-state index < -0.39 is 31.6 Å². The van der Waals surface area contributed by atoms with Gasteiger partial charge in [0.1, 0.15) is 5.75 Å². The Balaban J connectivity index is 2.86. The van der Waals surface area contributed by atoms with Crippen molar-refractivity contribution in [3.63, 3.8) is 0 Å². The monoisotopic (exact) mass is 304 g/mol. The molecule has 0 aliphatic heterocycles. The van der Waals surface area contributed by atoms with Gasteiger partial charge in [-0.25, -0.2) is 0 Å². The molecule has 0 unspecified atom stereocenters. The molecule has 10 heteroatoms. The molecule has 3 nitrogen and oxygen atoms in total. The molecule has 2 N–H and O–H groups in total. The summed E-state index contributed by atoms with van der Waals surface area (Å²) in [4.78, 5) is 0. The highest BCUT2D eigenvalue weighted by molar-refractivity contribution is 6.58. The SMILES string of the molecule is OB(O)c1ccc(Cl)c(OCC(F)(F)C(F)(F)F)c1. The van der Waals surface area contributed by atoms with Crippen LogP contribution in [0.1, 0.15) is 0 Å². The molecule has 0 saturated heterocycles. The van der Waals surface area contributed by atoms with E-state index in [2.05, 4.69) is 4.74 Å². The van der Waals surface area contributed by atoms with E-state index in [0.717, 1.165) is 18.2 Å². The molecule has 0 heterocycles. The Morgan fingerprint density at radius 3 is 2.21 bits per heavy atom. The van der Waals surface area contributed by atoms with E-state index in [4.69, 9.17) is 21.6 Å². The number of halogens is 6. The summed E-state index contributed by atoms with van der Waals surface area (Å²) in [6.07, 6.45) is -5.74. The van der Waals surface area contributed by atoms with Gasteiger partial charge >= 0.3 is 19.2 Å². The van der Waals surface area contributed by atoms with Gasteiger partial charge in [0, 0.05) is 0 Å². The van der Waals surface area contributed by atoms with Crippen molar-refractivity contribution in [3.05, 3.63) is 23.2 Å². The Hall–Kier alpha value is -1.06. The molecular formula is C9H7BClF5O3. The highest BCUT2D eigenvalue weighted by atomic mass is 35.5. The molecule has 1 aromatic rings. The van der Waals surface area contributed by atoms with Crippen LogP contribution in [0.5, 0.6) is 5.75 Å². The number of ether oxygens (including phenoxy) is 1. The largest absolute Gasteiger partial charge is 0.488 e. The Morgan fingerprint density at radius 1 is 1.16 bits per heavy atom. The van der Waals surface area contributed by atoms with Gasteiger partial charge < -0.3 is 14.8 Å². The smallest absolute Gasteiger partial charge is 0.485 e. The summed E-state index contributed by atoms with van der Waals surface area (Å²) in [6.45, 7) is -1.96. The maximum absolute atomic E-state index is 12.6. The molecule has 0 spiro atoms. The van der Waals surface area contributed by atoms with Crippen molar-refractivity contribution < 1.29 is 36.7 Å². The predicted octanol–water partition coefficient (Wildman–Crippen LogP) is 1.60. The van der Waals surface area contributed by atoms with Gasteiger partial charge in [0.05, 0.1) is 5.02 Å². The van der Waals surface area contributed by atoms with E-state index >= 15 is 0 Å². The van der Waals surface area contributed by atoms with Crippen LogP contribution in [0.25, 0.3) is 0 Å². The van der Waals surface area contributed by atoms with Crippen LogP contribution in [-0.4, -0.2) is 35.9 Å².